The first kappa shape index (κ1) is 15.8. The highest BCUT2D eigenvalue weighted by molar-refractivity contribution is 6.31. The fourth-order valence-corrected chi connectivity index (χ4v) is 3.98. The van der Waals surface area contributed by atoms with Crippen molar-refractivity contribution >= 4 is 11.6 Å². The molecule has 0 bridgehead atoms. The molecule has 0 aliphatic heterocycles. The van der Waals surface area contributed by atoms with Crippen LogP contribution in [0.1, 0.15) is 57.8 Å². The number of hydrogen-bond donors (Lipinski definition) is 1. The van der Waals surface area contributed by atoms with Gasteiger partial charge in [0.1, 0.15) is 0 Å². The SMILES string of the molecule is CCc1nn(CC)c(CC(NC)C2(C)CCCC2)c1Cl. The second kappa shape index (κ2) is 6.48. The van der Waals surface area contributed by atoms with Gasteiger partial charge in [0.15, 0.2) is 0 Å². The molecule has 1 N–H and O–H groups in total. The lowest BCUT2D eigenvalue weighted by atomic mass is 9.78. The van der Waals surface area contributed by atoms with E-state index in [4.69, 9.17) is 11.6 Å². The van der Waals surface area contributed by atoms with E-state index in [9.17, 15) is 0 Å². The van der Waals surface area contributed by atoms with E-state index in [0.717, 1.165) is 30.1 Å². The van der Waals surface area contributed by atoms with Gasteiger partial charge in [-0.2, -0.15) is 5.10 Å². The van der Waals surface area contributed by atoms with Crippen molar-refractivity contribution in [3.05, 3.63) is 16.4 Å². The fraction of sp³-hybridized carbons (Fsp3) is 0.812. The standard InChI is InChI=1S/C16H28ClN3/c1-5-12-15(17)13(20(6-2)19-12)11-14(18-4)16(3)9-7-8-10-16/h14,18H,5-11H2,1-4H3. The van der Waals surface area contributed by atoms with Crippen LogP contribution in [-0.4, -0.2) is 22.9 Å². The fourth-order valence-electron chi connectivity index (χ4n) is 3.63. The normalized spacial score (nSPS) is 19.4. The summed E-state index contributed by atoms with van der Waals surface area (Å²) in [4.78, 5) is 0. The zero-order chi connectivity index (χ0) is 14.8. The number of aromatic nitrogens is 2. The van der Waals surface area contributed by atoms with Crippen LogP contribution in [0.2, 0.25) is 5.02 Å². The van der Waals surface area contributed by atoms with Crippen molar-refractivity contribution in [2.45, 2.75) is 71.9 Å². The van der Waals surface area contributed by atoms with E-state index >= 15 is 0 Å². The third-order valence-corrected chi connectivity index (χ3v) is 5.46. The molecular weight excluding hydrogens is 270 g/mol. The van der Waals surface area contributed by atoms with Crippen LogP contribution in [0.3, 0.4) is 0 Å². The molecule has 0 radical (unpaired) electrons. The van der Waals surface area contributed by atoms with Crippen LogP contribution >= 0.6 is 11.6 Å². The van der Waals surface area contributed by atoms with Gasteiger partial charge in [0.05, 0.1) is 16.4 Å². The zero-order valence-electron chi connectivity index (χ0n) is 13.3. The Balaban J connectivity index is 2.25. The Morgan fingerprint density at radius 2 is 2.00 bits per heavy atom. The van der Waals surface area contributed by atoms with Crippen molar-refractivity contribution < 1.29 is 0 Å². The quantitative estimate of drug-likeness (QED) is 0.865. The minimum atomic E-state index is 0.396. The maximum Gasteiger partial charge on any atom is 0.0850 e. The molecule has 1 unspecified atom stereocenters. The zero-order valence-corrected chi connectivity index (χ0v) is 14.1. The minimum absolute atomic E-state index is 0.396. The predicted molar refractivity (Wildman–Crippen MR) is 85.4 cm³/mol. The van der Waals surface area contributed by atoms with Gasteiger partial charge in [0.2, 0.25) is 0 Å². The summed E-state index contributed by atoms with van der Waals surface area (Å²) in [6.45, 7) is 7.56. The third kappa shape index (κ3) is 2.89. The molecule has 0 spiro atoms. The van der Waals surface area contributed by atoms with E-state index in [2.05, 4.69) is 42.9 Å². The Labute approximate surface area is 128 Å². The Bertz CT molecular complexity index is 447. The second-order valence-corrected chi connectivity index (χ2v) is 6.66. The van der Waals surface area contributed by atoms with Gasteiger partial charge in [-0.3, -0.25) is 4.68 Å². The minimum Gasteiger partial charge on any atom is -0.316 e. The Hall–Kier alpha value is -0.540. The monoisotopic (exact) mass is 297 g/mol. The van der Waals surface area contributed by atoms with E-state index in [0.29, 0.717) is 11.5 Å². The number of rotatable bonds is 6. The van der Waals surface area contributed by atoms with Gasteiger partial charge in [0.25, 0.3) is 0 Å². The van der Waals surface area contributed by atoms with Crippen molar-refractivity contribution in [1.82, 2.24) is 15.1 Å². The lowest BCUT2D eigenvalue weighted by Crippen LogP contribution is -2.42. The third-order valence-electron chi connectivity index (χ3n) is 5.03. The molecule has 0 amide bonds. The summed E-state index contributed by atoms with van der Waals surface area (Å²) in [5, 5.41) is 9.06. The summed E-state index contributed by atoms with van der Waals surface area (Å²) in [5.41, 5.74) is 2.64. The molecule has 1 aliphatic rings. The van der Waals surface area contributed by atoms with Crippen LogP contribution in [-0.2, 0) is 19.4 Å². The Kier molecular flexibility index (Phi) is 5.14. The number of likely N-dealkylation sites (N-methyl/N-ethyl adjacent to an activating group) is 1. The van der Waals surface area contributed by atoms with E-state index in [1.807, 2.05) is 0 Å². The van der Waals surface area contributed by atoms with Crippen LogP contribution in [0.15, 0.2) is 0 Å². The molecule has 2 rings (SSSR count). The van der Waals surface area contributed by atoms with Crippen molar-refractivity contribution in [3.8, 4) is 0 Å². The Morgan fingerprint density at radius 1 is 1.35 bits per heavy atom. The highest BCUT2D eigenvalue weighted by atomic mass is 35.5. The van der Waals surface area contributed by atoms with Gasteiger partial charge in [-0.25, -0.2) is 0 Å². The van der Waals surface area contributed by atoms with E-state index in [1.54, 1.807) is 0 Å². The van der Waals surface area contributed by atoms with E-state index < -0.39 is 0 Å². The lowest BCUT2D eigenvalue weighted by molar-refractivity contribution is 0.226. The van der Waals surface area contributed by atoms with Gasteiger partial charge in [-0.05, 0) is 38.6 Å². The van der Waals surface area contributed by atoms with Gasteiger partial charge in [-0.1, -0.05) is 38.3 Å². The number of halogens is 1. The highest BCUT2D eigenvalue weighted by Crippen LogP contribution is 2.42. The molecule has 4 heteroatoms. The molecule has 114 valence electrons. The molecule has 1 saturated carbocycles. The van der Waals surface area contributed by atoms with E-state index in [-0.39, 0.29) is 0 Å². The van der Waals surface area contributed by atoms with E-state index in [1.165, 1.54) is 31.4 Å². The van der Waals surface area contributed by atoms with Crippen molar-refractivity contribution in [2.75, 3.05) is 7.05 Å². The molecule has 1 heterocycles. The summed E-state index contributed by atoms with van der Waals surface area (Å²) < 4.78 is 2.09. The first-order chi connectivity index (χ1) is 9.55. The number of hydrogen-bond acceptors (Lipinski definition) is 2. The summed E-state index contributed by atoms with van der Waals surface area (Å²) in [6.07, 6.45) is 7.23. The van der Waals surface area contributed by atoms with Gasteiger partial charge >= 0.3 is 0 Å². The molecule has 1 fully saturated rings. The molecule has 0 saturated heterocycles. The molecule has 1 aromatic rings. The molecule has 1 aliphatic carbocycles. The summed E-state index contributed by atoms with van der Waals surface area (Å²) in [5.74, 6) is 0. The van der Waals surface area contributed by atoms with Gasteiger partial charge in [0, 0.05) is 19.0 Å². The first-order valence-electron chi connectivity index (χ1n) is 7.97. The number of aryl methyl sites for hydroxylation is 2. The van der Waals surface area contributed by atoms with Crippen molar-refractivity contribution in [2.24, 2.45) is 5.41 Å². The van der Waals surface area contributed by atoms with Crippen LogP contribution in [0.5, 0.6) is 0 Å². The molecule has 1 aromatic heterocycles. The lowest BCUT2D eigenvalue weighted by Gasteiger charge is -2.34. The number of nitrogens with zero attached hydrogens (tertiary/aromatic N) is 2. The predicted octanol–water partition coefficient (Wildman–Crippen LogP) is 3.83. The molecular formula is C16H28ClN3. The van der Waals surface area contributed by atoms with Gasteiger partial charge < -0.3 is 5.32 Å². The molecule has 1 atom stereocenters. The van der Waals surface area contributed by atoms with Gasteiger partial charge in [-0.15, -0.1) is 0 Å². The highest BCUT2D eigenvalue weighted by Gasteiger charge is 2.37. The Morgan fingerprint density at radius 3 is 2.50 bits per heavy atom. The smallest absolute Gasteiger partial charge is 0.0850 e. The largest absolute Gasteiger partial charge is 0.316 e. The molecule has 0 aromatic carbocycles. The molecule has 3 nitrogen and oxygen atoms in total. The maximum absolute atomic E-state index is 6.55. The average Bonchev–Trinajstić information content (AvgIpc) is 3.01. The molecule has 20 heavy (non-hydrogen) atoms. The maximum atomic E-state index is 6.55. The van der Waals surface area contributed by atoms with Crippen molar-refractivity contribution in [1.29, 1.82) is 0 Å². The number of nitrogens with one attached hydrogen (secondary N) is 1. The van der Waals surface area contributed by atoms with Crippen molar-refractivity contribution in [3.63, 3.8) is 0 Å². The van der Waals surface area contributed by atoms with Crippen LogP contribution < -0.4 is 5.32 Å². The second-order valence-electron chi connectivity index (χ2n) is 6.28. The van der Waals surface area contributed by atoms with Crippen LogP contribution in [0.25, 0.3) is 0 Å². The summed E-state index contributed by atoms with van der Waals surface area (Å²) >= 11 is 6.55. The average molecular weight is 298 g/mol. The summed E-state index contributed by atoms with van der Waals surface area (Å²) in [6, 6.07) is 0.481. The van der Waals surface area contributed by atoms with Crippen LogP contribution in [0, 0.1) is 5.41 Å². The topological polar surface area (TPSA) is 29.9 Å². The van der Waals surface area contributed by atoms with Crippen LogP contribution in [0.4, 0.5) is 0 Å². The summed E-state index contributed by atoms with van der Waals surface area (Å²) in [7, 11) is 2.08. The first-order valence-corrected chi connectivity index (χ1v) is 8.34.